The number of halogens is 1. The van der Waals surface area contributed by atoms with Crippen LogP contribution in [0.15, 0.2) is 29.1 Å². The van der Waals surface area contributed by atoms with Crippen molar-refractivity contribution in [3.63, 3.8) is 0 Å². The topological polar surface area (TPSA) is 65.8 Å². The van der Waals surface area contributed by atoms with Gasteiger partial charge in [-0.25, -0.2) is 9.18 Å². The van der Waals surface area contributed by atoms with Gasteiger partial charge in [0.15, 0.2) is 0 Å². The van der Waals surface area contributed by atoms with Gasteiger partial charge in [0.2, 0.25) is 0 Å². The lowest BCUT2D eigenvalue weighted by Gasteiger charge is -2.34. The van der Waals surface area contributed by atoms with Gasteiger partial charge in [0.05, 0.1) is 5.52 Å². The summed E-state index contributed by atoms with van der Waals surface area (Å²) in [4.78, 5) is 26.6. The van der Waals surface area contributed by atoms with Gasteiger partial charge in [-0.05, 0) is 23.6 Å². The highest BCUT2D eigenvalue weighted by atomic mass is 19.1. The van der Waals surface area contributed by atoms with Gasteiger partial charge in [0, 0.05) is 56.8 Å². The van der Waals surface area contributed by atoms with E-state index in [1.165, 1.54) is 17.0 Å². The predicted molar refractivity (Wildman–Crippen MR) is 86.9 cm³/mol. The molecule has 1 fully saturated rings. The van der Waals surface area contributed by atoms with Crippen molar-refractivity contribution in [2.45, 2.75) is 12.5 Å². The molecule has 2 aromatic rings. The molecule has 6 nitrogen and oxygen atoms in total. The third-order valence-corrected chi connectivity index (χ3v) is 5.07. The maximum Gasteiger partial charge on any atom is 0.407 e. The summed E-state index contributed by atoms with van der Waals surface area (Å²) in [6.45, 7) is 3.29. The highest BCUT2D eigenvalue weighted by Gasteiger charge is 2.31. The maximum absolute atomic E-state index is 14.4. The third-order valence-electron chi connectivity index (χ3n) is 5.07. The fourth-order valence-corrected chi connectivity index (χ4v) is 3.86. The molecule has 7 heteroatoms. The number of carbonyl (C=O) groups is 1. The number of benzene rings is 1. The molecule has 1 N–H and O–H groups in total. The highest BCUT2D eigenvalue weighted by Crippen LogP contribution is 2.35. The molecular formula is C17H18FN3O3. The summed E-state index contributed by atoms with van der Waals surface area (Å²) in [6, 6.07) is 6.44. The molecule has 3 heterocycles. The van der Waals surface area contributed by atoms with E-state index in [0.29, 0.717) is 50.3 Å². The molecule has 1 unspecified atom stereocenters. The van der Waals surface area contributed by atoms with E-state index in [4.69, 9.17) is 5.11 Å². The van der Waals surface area contributed by atoms with Crippen LogP contribution in [0.25, 0.3) is 10.9 Å². The lowest BCUT2D eigenvalue weighted by Crippen LogP contribution is -2.49. The van der Waals surface area contributed by atoms with Crippen molar-refractivity contribution in [2.24, 2.45) is 0 Å². The second-order valence-electron chi connectivity index (χ2n) is 6.45. The first-order valence-electron chi connectivity index (χ1n) is 8.07. The van der Waals surface area contributed by atoms with Crippen molar-refractivity contribution in [3.05, 3.63) is 46.0 Å². The van der Waals surface area contributed by atoms with Gasteiger partial charge in [0.1, 0.15) is 5.82 Å². The van der Waals surface area contributed by atoms with Gasteiger partial charge in [-0.3, -0.25) is 9.69 Å². The molecule has 2 aliphatic rings. The normalized spacial score (nSPS) is 20.7. The Labute approximate surface area is 137 Å². The quantitative estimate of drug-likeness (QED) is 0.906. The number of piperazine rings is 1. The molecule has 1 aromatic heterocycles. The number of aromatic nitrogens is 1. The molecule has 0 aliphatic carbocycles. The molecule has 1 aromatic carbocycles. The molecular weight excluding hydrogens is 313 g/mol. The van der Waals surface area contributed by atoms with Crippen LogP contribution in [0.1, 0.15) is 11.5 Å². The van der Waals surface area contributed by atoms with Gasteiger partial charge >= 0.3 is 6.09 Å². The van der Waals surface area contributed by atoms with Gasteiger partial charge in [-0.1, -0.05) is 0 Å². The van der Waals surface area contributed by atoms with Crippen molar-refractivity contribution in [3.8, 4) is 0 Å². The Morgan fingerprint density at radius 3 is 2.58 bits per heavy atom. The Morgan fingerprint density at radius 1 is 1.17 bits per heavy atom. The van der Waals surface area contributed by atoms with Gasteiger partial charge < -0.3 is 14.6 Å². The molecule has 1 saturated heterocycles. The number of rotatable bonds is 2. The predicted octanol–water partition coefficient (Wildman–Crippen LogP) is 1.53. The van der Waals surface area contributed by atoms with Crippen LogP contribution in [0.3, 0.4) is 0 Å². The summed E-state index contributed by atoms with van der Waals surface area (Å²) in [5.41, 5.74) is 1.22. The van der Waals surface area contributed by atoms with E-state index in [9.17, 15) is 14.0 Å². The molecule has 0 bridgehead atoms. The maximum atomic E-state index is 14.4. The molecule has 4 rings (SSSR count). The number of hydrogen-bond donors (Lipinski definition) is 1. The van der Waals surface area contributed by atoms with Crippen LogP contribution in [0.4, 0.5) is 9.18 Å². The fraction of sp³-hybridized carbons (Fsp3) is 0.412. The summed E-state index contributed by atoms with van der Waals surface area (Å²) in [5.74, 6) is -0.353. The van der Waals surface area contributed by atoms with E-state index < -0.39 is 6.09 Å². The molecule has 0 saturated carbocycles. The van der Waals surface area contributed by atoms with Crippen molar-refractivity contribution in [1.82, 2.24) is 14.4 Å². The summed E-state index contributed by atoms with van der Waals surface area (Å²) in [7, 11) is 0. The first-order valence-corrected chi connectivity index (χ1v) is 8.07. The lowest BCUT2D eigenvalue weighted by atomic mass is 9.98. The largest absolute Gasteiger partial charge is 0.465 e. The van der Waals surface area contributed by atoms with Gasteiger partial charge in [-0.15, -0.1) is 0 Å². The second-order valence-corrected chi connectivity index (χ2v) is 6.45. The summed E-state index contributed by atoms with van der Waals surface area (Å²) < 4.78 is 16.1. The van der Waals surface area contributed by atoms with Crippen LogP contribution in [-0.2, 0) is 6.54 Å². The molecule has 1 atom stereocenters. The highest BCUT2D eigenvalue weighted by molar-refractivity contribution is 5.84. The van der Waals surface area contributed by atoms with Crippen molar-refractivity contribution in [1.29, 1.82) is 0 Å². The van der Waals surface area contributed by atoms with Crippen molar-refractivity contribution >= 4 is 17.0 Å². The van der Waals surface area contributed by atoms with Gasteiger partial charge in [0.25, 0.3) is 5.56 Å². The van der Waals surface area contributed by atoms with Crippen molar-refractivity contribution < 1.29 is 14.3 Å². The minimum atomic E-state index is -0.898. The summed E-state index contributed by atoms with van der Waals surface area (Å²) in [6.07, 6.45) is -0.898. The van der Waals surface area contributed by atoms with Crippen LogP contribution < -0.4 is 5.56 Å². The van der Waals surface area contributed by atoms with E-state index >= 15 is 0 Å². The van der Waals surface area contributed by atoms with Crippen LogP contribution in [0.5, 0.6) is 0 Å². The summed E-state index contributed by atoms with van der Waals surface area (Å²) in [5, 5.41) is 9.89. The molecule has 126 valence electrons. The molecule has 0 spiro atoms. The first kappa shape index (κ1) is 15.1. The smallest absolute Gasteiger partial charge is 0.407 e. The second kappa shape index (κ2) is 5.59. The standard InChI is InChI=1S/C17H18FN3O3/c18-13-3-1-11-2-4-14(22)21-10-12(15(13)16(11)21)9-19-5-7-20(8-6-19)17(23)24/h1-4,12H,5-10H2,(H,23,24). The van der Waals surface area contributed by atoms with Crippen LogP contribution in [-0.4, -0.2) is 58.3 Å². The zero-order valence-corrected chi connectivity index (χ0v) is 13.1. The average Bonchev–Trinajstić information content (AvgIpc) is 2.95. The monoisotopic (exact) mass is 331 g/mol. The zero-order chi connectivity index (χ0) is 16.8. The number of pyridine rings is 1. The van der Waals surface area contributed by atoms with Crippen LogP contribution in [0, 0.1) is 5.82 Å². The fourth-order valence-electron chi connectivity index (χ4n) is 3.86. The SMILES string of the molecule is O=C(O)N1CCN(CC2Cn3c(=O)ccc4ccc(F)c2c43)CC1. The average molecular weight is 331 g/mol. The van der Waals surface area contributed by atoms with Crippen LogP contribution >= 0.6 is 0 Å². The molecule has 1 amide bonds. The number of amides is 1. The van der Waals surface area contributed by atoms with E-state index in [0.717, 1.165) is 5.39 Å². The van der Waals surface area contributed by atoms with E-state index in [1.54, 1.807) is 16.7 Å². The molecule has 24 heavy (non-hydrogen) atoms. The Morgan fingerprint density at radius 2 is 1.88 bits per heavy atom. The Kier molecular flexibility index (Phi) is 3.53. The lowest BCUT2D eigenvalue weighted by molar-refractivity contribution is 0.102. The van der Waals surface area contributed by atoms with E-state index in [1.807, 2.05) is 0 Å². The Balaban J connectivity index is 1.60. The zero-order valence-electron chi connectivity index (χ0n) is 13.1. The van der Waals surface area contributed by atoms with E-state index in [2.05, 4.69) is 4.90 Å². The summed E-state index contributed by atoms with van der Waals surface area (Å²) >= 11 is 0. The Hall–Kier alpha value is -2.41. The molecule has 0 radical (unpaired) electrons. The Bertz CT molecular complexity index is 871. The van der Waals surface area contributed by atoms with Crippen molar-refractivity contribution in [2.75, 3.05) is 32.7 Å². The number of carboxylic acid groups (broad SMARTS) is 1. The minimum Gasteiger partial charge on any atom is -0.465 e. The van der Waals surface area contributed by atoms with Gasteiger partial charge in [-0.2, -0.15) is 0 Å². The van der Waals surface area contributed by atoms with E-state index in [-0.39, 0.29) is 17.3 Å². The molecule has 2 aliphatic heterocycles. The minimum absolute atomic E-state index is 0.0832. The first-order chi connectivity index (χ1) is 11.5. The number of nitrogens with zero attached hydrogens (tertiary/aromatic N) is 3. The third kappa shape index (κ3) is 2.36. The number of hydrogen-bond acceptors (Lipinski definition) is 3. The van der Waals surface area contributed by atoms with Crippen LogP contribution in [0.2, 0.25) is 0 Å².